The van der Waals surface area contributed by atoms with Gasteiger partial charge in [0.15, 0.2) is 0 Å². The van der Waals surface area contributed by atoms with Crippen molar-refractivity contribution in [2.45, 2.75) is 32.1 Å². The molecule has 1 fully saturated rings. The van der Waals surface area contributed by atoms with E-state index in [4.69, 9.17) is 4.98 Å². The number of carbonyl (C=O) groups excluding carboxylic acids is 1. The largest absolute Gasteiger partial charge is 0.355 e. The van der Waals surface area contributed by atoms with Gasteiger partial charge in [0.05, 0.1) is 17.2 Å². The molecule has 26 heavy (non-hydrogen) atoms. The molecule has 0 saturated carbocycles. The molecule has 4 rings (SSSR count). The van der Waals surface area contributed by atoms with E-state index >= 15 is 0 Å². The van der Waals surface area contributed by atoms with Crippen molar-refractivity contribution < 1.29 is 4.79 Å². The molecule has 0 amide bonds. The van der Waals surface area contributed by atoms with Crippen LogP contribution < -0.4 is 4.90 Å². The molecule has 132 valence electrons. The van der Waals surface area contributed by atoms with Gasteiger partial charge in [-0.2, -0.15) is 0 Å². The lowest BCUT2D eigenvalue weighted by molar-refractivity contribution is -0.108. The number of hydrogen-bond donors (Lipinski definition) is 0. The molecule has 1 aromatic heterocycles. The molecule has 1 atom stereocenters. The highest BCUT2D eigenvalue weighted by Crippen LogP contribution is 2.26. The van der Waals surface area contributed by atoms with Crippen LogP contribution in [0.15, 0.2) is 48.7 Å². The Bertz CT molecular complexity index is 914. The van der Waals surface area contributed by atoms with Crippen LogP contribution in [0.4, 0.5) is 5.82 Å². The fourth-order valence-electron chi connectivity index (χ4n) is 3.51. The summed E-state index contributed by atoms with van der Waals surface area (Å²) in [6, 6.07) is 14.4. The number of benzene rings is 2. The first kappa shape index (κ1) is 16.7. The minimum Gasteiger partial charge on any atom is -0.355 e. The number of rotatable bonds is 4. The van der Waals surface area contributed by atoms with E-state index < -0.39 is 0 Å². The van der Waals surface area contributed by atoms with Crippen LogP contribution in [0.1, 0.15) is 37.7 Å². The number of fused-ring (bicyclic) bond motifs is 1. The summed E-state index contributed by atoms with van der Waals surface area (Å²) in [5.74, 6) is 0.906. The minimum atomic E-state index is -0.0707. The zero-order valence-corrected chi connectivity index (χ0v) is 15.1. The summed E-state index contributed by atoms with van der Waals surface area (Å²) in [7, 11) is 0. The maximum absolute atomic E-state index is 10.9. The van der Waals surface area contributed by atoms with Crippen molar-refractivity contribution in [2.24, 2.45) is 0 Å². The van der Waals surface area contributed by atoms with E-state index in [2.05, 4.69) is 34.1 Å². The molecule has 1 aliphatic rings. The molecule has 0 radical (unpaired) electrons. The number of aldehydes is 1. The zero-order chi connectivity index (χ0) is 17.9. The second-order valence-electron chi connectivity index (χ2n) is 7.03. The maximum atomic E-state index is 10.9. The number of hydrogen-bond acceptors (Lipinski definition) is 4. The SMILES string of the molecule is CC(C=O)c1ccc(-c2ccc3ncc(N4CCCCC4)nc3c2)cc1. The van der Waals surface area contributed by atoms with Crippen molar-refractivity contribution in [1.82, 2.24) is 9.97 Å². The van der Waals surface area contributed by atoms with Crippen LogP contribution in [0, 0.1) is 0 Å². The summed E-state index contributed by atoms with van der Waals surface area (Å²) in [4.78, 5) is 22.7. The summed E-state index contributed by atoms with van der Waals surface area (Å²) < 4.78 is 0. The standard InChI is InChI=1S/C22H23N3O/c1-16(15-26)17-5-7-18(8-6-17)19-9-10-20-21(13-19)24-22(14-23-20)25-11-3-2-4-12-25/h5-10,13-16H,2-4,11-12H2,1H3. The molecule has 4 nitrogen and oxygen atoms in total. The second-order valence-corrected chi connectivity index (χ2v) is 7.03. The first-order valence-corrected chi connectivity index (χ1v) is 9.32. The molecular weight excluding hydrogens is 322 g/mol. The molecule has 1 unspecified atom stereocenters. The van der Waals surface area contributed by atoms with E-state index in [9.17, 15) is 4.79 Å². The fraction of sp³-hybridized carbons (Fsp3) is 0.318. The Morgan fingerprint density at radius 3 is 2.42 bits per heavy atom. The van der Waals surface area contributed by atoms with E-state index in [1.807, 2.05) is 31.3 Å². The van der Waals surface area contributed by atoms with E-state index in [-0.39, 0.29) is 5.92 Å². The molecule has 0 aliphatic carbocycles. The highest BCUT2D eigenvalue weighted by molar-refractivity contribution is 5.82. The lowest BCUT2D eigenvalue weighted by atomic mass is 9.98. The summed E-state index contributed by atoms with van der Waals surface area (Å²) >= 11 is 0. The first-order valence-electron chi connectivity index (χ1n) is 9.32. The van der Waals surface area contributed by atoms with Gasteiger partial charge in [-0.25, -0.2) is 4.98 Å². The van der Waals surface area contributed by atoms with Crippen LogP contribution >= 0.6 is 0 Å². The molecule has 0 bridgehead atoms. The van der Waals surface area contributed by atoms with Gasteiger partial charge in [-0.15, -0.1) is 0 Å². The number of piperidine rings is 1. The third-order valence-electron chi connectivity index (χ3n) is 5.18. The highest BCUT2D eigenvalue weighted by Gasteiger charge is 2.13. The summed E-state index contributed by atoms with van der Waals surface area (Å²) in [5, 5.41) is 0. The lowest BCUT2D eigenvalue weighted by Gasteiger charge is -2.27. The molecule has 0 spiro atoms. The Hall–Kier alpha value is -2.75. The van der Waals surface area contributed by atoms with Crippen molar-refractivity contribution in [3.05, 3.63) is 54.2 Å². The van der Waals surface area contributed by atoms with Gasteiger partial charge in [-0.3, -0.25) is 4.98 Å². The van der Waals surface area contributed by atoms with Crippen molar-refractivity contribution in [3.63, 3.8) is 0 Å². The maximum Gasteiger partial charge on any atom is 0.147 e. The Kier molecular flexibility index (Phi) is 4.65. The van der Waals surface area contributed by atoms with Crippen LogP contribution in [0.25, 0.3) is 22.2 Å². The fourth-order valence-corrected chi connectivity index (χ4v) is 3.51. The van der Waals surface area contributed by atoms with Gasteiger partial charge in [0.1, 0.15) is 12.1 Å². The van der Waals surface area contributed by atoms with Crippen LogP contribution in [0.3, 0.4) is 0 Å². The van der Waals surface area contributed by atoms with Crippen molar-refractivity contribution >= 4 is 23.1 Å². The Morgan fingerprint density at radius 2 is 1.69 bits per heavy atom. The predicted octanol–water partition coefficient (Wildman–Crippen LogP) is 4.59. The highest BCUT2D eigenvalue weighted by atomic mass is 16.1. The third-order valence-corrected chi connectivity index (χ3v) is 5.18. The second kappa shape index (κ2) is 7.24. The molecule has 1 saturated heterocycles. The molecule has 1 aliphatic heterocycles. The average molecular weight is 345 g/mol. The molecule has 4 heteroatoms. The van der Waals surface area contributed by atoms with E-state index in [1.54, 1.807) is 0 Å². The van der Waals surface area contributed by atoms with Crippen LogP contribution in [0.2, 0.25) is 0 Å². The van der Waals surface area contributed by atoms with Crippen molar-refractivity contribution in [2.75, 3.05) is 18.0 Å². The third kappa shape index (κ3) is 3.32. The Labute approximate surface area is 153 Å². The molecular formula is C22H23N3O. The van der Waals surface area contributed by atoms with Gasteiger partial charge >= 0.3 is 0 Å². The molecule has 2 heterocycles. The quantitative estimate of drug-likeness (QED) is 0.649. The van der Waals surface area contributed by atoms with E-state index in [1.165, 1.54) is 19.3 Å². The minimum absolute atomic E-state index is 0.0707. The van der Waals surface area contributed by atoms with Crippen LogP contribution in [-0.2, 0) is 4.79 Å². The Morgan fingerprint density at radius 1 is 0.962 bits per heavy atom. The normalized spacial score (nSPS) is 15.8. The van der Waals surface area contributed by atoms with Crippen molar-refractivity contribution in [3.8, 4) is 11.1 Å². The van der Waals surface area contributed by atoms with Crippen LogP contribution in [-0.4, -0.2) is 29.3 Å². The van der Waals surface area contributed by atoms with Crippen molar-refractivity contribution in [1.29, 1.82) is 0 Å². The van der Waals surface area contributed by atoms with Crippen LogP contribution in [0.5, 0.6) is 0 Å². The van der Waals surface area contributed by atoms with Gasteiger partial charge in [-0.05, 0) is 48.1 Å². The van der Waals surface area contributed by atoms with Gasteiger partial charge in [-0.1, -0.05) is 37.3 Å². The summed E-state index contributed by atoms with van der Waals surface area (Å²) in [6.45, 7) is 4.04. The Balaban J connectivity index is 1.66. The average Bonchev–Trinajstić information content (AvgIpc) is 2.73. The number of anilines is 1. The van der Waals surface area contributed by atoms with Gasteiger partial charge in [0, 0.05) is 19.0 Å². The summed E-state index contributed by atoms with van der Waals surface area (Å²) in [6.07, 6.45) is 6.63. The van der Waals surface area contributed by atoms with Gasteiger partial charge < -0.3 is 9.69 Å². The van der Waals surface area contributed by atoms with E-state index in [0.29, 0.717) is 0 Å². The molecule has 2 aromatic carbocycles. The zero-order valence-electron chi connectivity index (χ0n) is 15.1. The smallest absolute Gasteiger partial charge is 0.147 e. The lowest BCUT2D eigenvalue weighted by Crippen LogP contribution is -2.30. The predicted molar refractivity (Wildman–Crippen MR) is 106 cm³/mol. The first-order chi connectivity index (χ1) is 12.7. The summed E-state index contributed by atoms with van der Waals surface area (Å²) in [5.41, 5.74) is 5.13. The van der Waals surface area contributed by atoms with E-state index in [0.717, 1.165) is 52.9 Å². The monoisotopic (exact) mass is 345 g/mol. The number of carbonyl (C=O) groups is 1. The molecule has 3 aromatic rings. The van der Waals surface area contributed by atoms with Gasteiger partial charge in [0.25, 0.3) is 0 Å². The topological polar surface area (TPSA) is 46.1 Å². The number of nitrogens with zero attached hydrogens (tertiary/aromatic N) is 3. The number of aromatic nitrogens is 2. The molecule has 0 N–H and O–H groups in total. The van der Waals surface area contributed by atoms with Gasteiger partial charge in [0.2, 0.25) is 0 Å².